The molecule has 2 heteroatoms. The summed E-state index contributed by atoms with van der Waals surface area (Å²) < 4.78 is 0. The molecule has 1 rings (SSSR count). The number of hydrogen-bond acceptors (Lipinski definition) is 2. The van der Waals surface area contributed by atoms with Gasteiger partial charge in [0, 0.05) is 12.6 Å². The number of rotatable bonds is 4. The summed E-state index contributed by atoms with van der Waals surface area (Å²) in [5.41, 5.74) is 0. The zero-order valence-corrected chi connectivity index (χ0v) is 9.34. The van der Waals surface area contributed by atoms with Crippen molar-refractivity contribution in [3.8, 4) is 0 Å². The molecular weight excluding hydrogens is 160 g/mol. The predicted molar refractivity (Wildman–Crippen MR) is 58.0 cm³/mol. The molecule has 0 unspecified atom stereocenters. The van der Waals surface area contributed by atoms with Gasteiger partial charge in [0.1, 0.15) is 0 Å². The summed E-state index contributed by atoms with van der Waals surface area (Å²) in [5.74, 6) is 0.918. The molecule has 1 aliphatic rings. The van der Waals surface area contributed by atoms with Crippen molar-refractivity contribution in [1.29, 1.82) is 0 Å². The lowest BCUT2D eigenvalue weighted by Crippen LogP contribution is -2.42. The Kier molecular flexibility index (Phi) is 4.74. The Labute approximate surface area is 82.7 Å². The van der Waals surface area contributed by atoms with Gasteiger partial charge < -0.3 is 10.2 Å². The molecule has 13 heavy (non-hydrogen) atoms. The van der Waals surface area contributed by atoms with Gasteiger partial charge in [-0.25, -0.2) is 0 Å². The van der Waals surface area contributed by atoms with Crippen LogP contribution in [-0.4, -0.2) is 38.6 Å². The average molecular weight is 184 g/mol. The van der Waals surface area contributed by atoms with Gasteiger partial charge >= 0.3 is 0 Å². The van der Waals surface area contributed by atoms with Crippen LogP contribution < -0.4 is 5.32 Å². The number of nitrogens with one attached hydrogen (secondary N) is 1. The summed E-state index contributed by atoms with van der Waals surface area (Å²) in [4.78, 5) is 2.29. The van der Waals surface area contributed by atoms with E-state index >= 15 is 0 Å². The van der Waals surface area contributed by atoms with Crippen LogP contribution in [0.15, 0.2) is 0 Å². The number of likely N-dealkylation sites (N-methyl/N-ethyl adjacent to an activating group) is 2. The van der Waals surface area contributed by atoms with Crippen LogP contribution in [0.5, 0.6) is 0 Å². The van der Waals surface area contributed by atoms with Gasteiger partial charge in [-0.3, -0.25) is 0 Å². The molecule has 78 valence electrons. The molecule has 0 radical (unpaired) electrons. The zero-order chi connectivity index (χ0) is 9.68. The van der Waals surface area contributed by atoms with Crippen LogP contribution in [0.1, 0.15) is 32.1 Å². The maximum absolute atomic E-state index is 3.46. The Balaban J connectivity index is 2.34. The Morgan fingerprint density at radius 2 is 1.85 bits per heavy atom. The summed E-state index contributed by atoms with van der Waals surface area (Å²) in [5, 5.41) is 3.46. The van der Waals surface area contributed by atoms with Crippen LogP contribution in [0.2, 0.25) is 0 Å². The van der Waals surface area contributed by atoms with Gasteiger partial charge in [-0.15, -0.1) is 0 Å². The summed E-state index contributed by atoms with van der Waals surface area (Å²) >= 11 is 0. The largest absolute Gasteiger partial charge is 0.315 e. The van der Waals surface area contributed by atoms with E-state index in [9.17, 15) is 0 Å². The van der Waals surface area contributed by atoms with Crippen molar-refractivity contribution >= 4 is 0 Å². The Morgan fingerprint density at radius 1 is 1.23 bits per heavy atom. The first-order valence-electron chi connectivity index (χ1n) is 5.56. The molecule has 1 N–H and O–H groups in total. The molecule has 0 aromatic heterocycles. The van der Waals surface area contributed by atoms with Crippen molar-refractivity contribution in [2.75, 3.05) is 27.7 Å². The van der Waals surface area contributed by atoms with E-state index in [0.717, 1.165) is 5.92 Å². The Morgan fingerprint density at radius 3 is 2.31 bits per heavy atom. The lowest BCUT2D eigenvalue weighted by molar-refractivity contribution is 0.230. The first kappa shape index (κ1) is 11.0. The van der Waals surface area contributed by atoms with Crippen LogP contribution in [0.4, 0.5) is 0 Å². The molecular formula is C11H24N2. The minimum atomic E-state index is 0.704. The molecule has 1 fully saturated rings. The zero-order valence-electron chi connectivity index (χ0n) is 9.34. The lowest BCUT2D eigenvalue weighted by Gasteiger charge is -2.31. The molecule has 1 saturated carbocycles. The molecule has 0 aromatic rings. The monoisotopic (exact) mass is 184 g/mol. The molecule has 0 heterocycles. The average Bonchev–Trinajstić information content (AvgIpc) is 2.15. The fourth-order valence-electron chi connectivity index (χ4n) is 2.41. The Bertz CT molecular complexity index is 128. The van der Waals surface area contributed by atoms with E-state index in [1.54, 1.807) is 0 Å². The molecule has 2 nitrogen and oxygen atoms in total. The van der Waals surface area contributed by atoms with E-state index in [1.165, 1.54) is 38.6 Å². The second-order valence-electron chi connectivity index (χ2n) is 4.56. The summed E-state index contributed by atoms with van der Waals surface area (Å²) in [6, 6.07) is 0.704. The highest BCUT2D eigenvalue weighted by atomic mass is 15.1. The van der Waals surface area contributed by atoms with E-state index in [1.807, 2.05) is 0 Å². The van der Waals surface area contributed by atoms with E-state index in [4.69, 9.17) is 0 Å². The fraction of sp³-hybridized carbons (Fsp3) is 1.00. The molecule has 0 spiro atoms. The van der Waals surface area contributed by atoms with Gasteiger partial charge in [0.25, 0.3) is 0 Å². The molecule has 0 saturated heterocycles. The van der Waals surface area contributed by atoms with E-state index in [0.29, 0.717) is 6.04 Å². The minimum absolute atomic E-state index is 0.704. The number of hydrogen-bond donors (Lipinski definition) is 1. The molecule has 0 amide bonds. The smallest absolute Gasteiger partial charge is 0.0219 e. The standard InChI is InChI=1S/C11H24N2/c1-12-11(9-13(2)3)10-7-5-4-6-8-10/h10-12H,4-9H2,1-3H3/t11-/m1/s1. The SMILES string of the molecule is CN[C@H](CN(C)C)C1CCCCC1. The highest BCUT2D eigenvalue weighted by Crippen LogP contribution is 2.26. The molecule has 1 aliphatic carbocycles. The fourth-order valence-corrected chi connectivity index (χ4v) is 2.41. The highest BCUT2D eigenvalue weighted by Gasteiger charge is 2.22. The topological polar surface area (TPSA) is 15.3 Å². The van der Waals surface area contributed by atoms with Crippen LogP contribution in [0.3, 0.4) is 0 Å². The van der Waals surface area contributed by atoms with Crippen molar-refractivity contribution in [2.45, 2.75) is 38.1 Å². The maximum atomic E-state index is 3.46. The maximum Gasteiger partial charge on any atom is 0.0219 e. The van der Waals surface area contributed by atoms with E-state index in [2.05, 4.69) is 31.4 Å². The highest BCUT2D eigenvalue weighted by molar-refractivity contribution is 4.79. The molecule has 0 aromatic carbocycles. The van der Waals surface area contributed by atoms with Crippen molar-refractivity contribution in [3.63, 3.8) is 0 Å². The van der Waals surface area contributed by atoms with Crippen LogP contribution in [-0.2, 0) is 0 Å². The predicted octanol–water partition coefficient (Wildman–Crippen LogP) is 1.72. The molecule has 1 atom stereocenters. The molecule has 0 bridgehead atoms. The second-order valence-corrected chi connectivity index (χ2v) is 4.56. The van der Waals surface area contributed by atoms with Crippen molar-refractivity contribution in [1.82, 2.24) is 10.2 Å². The van der Waals surface area contributed by atoms with Crippen LogP contribution >= 0.6 is 0 Å². The van der Waals surface area contributed by atoms with E-state index in [-0.39, 0.29) is 0 Å². The summed E-state index contributed by atoms with van der Waals surface area (Å²) in [7, 11) is 6.42. The third-order valence-electron chi connectivity index (χ3n) is 3.15. The van der Waals surface area contributed by atoms with Gasteiger partial charge in [-0.05, 0) is 39.9 Å². The van der Waals surface area contributed by atoms with Gasteiger partial charge in [-0.1, -0.05) is 19.3 Å². The number of nitrogens with zero attached hydrogens (tertiary/aromatic N) is 1. The van der Waals surface area contributed by atoms with Gasteiger partial charge in [-0.2, -0.15) is 0 Å². The minimum Gasteiger partial charge on any atom is -0.315 e. The van der Waals surface area contributed by atoms with Gasteiger partial charge in [0.15, 0.2) is 0 Å². The summed E-state index contributed by atoms with van der Waals surface area (Å²) in [6.45, 7) is 1.18. The van der Waals surface area contributed by atoms with Crippen molar-refractivity contribution in [2.24, 2.45) is 5.92 Å². The second kappa shape index (κ2) is 5.61. The normalized spacial score (nSPS) is 22.2. The van der Waals surface area contributed by atoms with Gasteiger partial charge in [0.05, 0.1) is 0 Å². The first-order valence-corrected chi connectivity index (χ1v) is 5.56. The van der Waals surface area contributed by atoms with E-state index < -0.39 is 0 Å². The van der Waals surface area contributed by atoms with Crippen LogP contribution in [0, 0.1) is 5.92 Å². The summed E-state index contributed by atoms with van der Waals surface area (Å²) in [6.07, 6.45) is 7.19. The first-order chi connectivity index (χ1) is 6.24. The van der Waals surface area contributed by atoms with Gasteiger partial charge in [0.2, 0.25) is 0 Å². The third kappa shape index (κ3) is 3.65. The lowest BCUT2D eigenvalue weighted by atomic mass is 9.84. The van der Waals surface area contributed by atoms with Crippen molar-refractivity contribution < 1.29 is 0 Å². The molecule has 0 aliphatic heterocycles. The third-order valence-corrected chi connectivity index (χ3v) is 3.15. The van der Waals surface area contributed by atoms with Crippen LogP contribution in [0.25, 0.3) is 0 Å². The van der Waals surface area contributed by atoms with Crippen molar-refractivity contribution in [3.05, 3.63) is 0 Å². The quantitative estimate of drug-likeness (QED) is 0.715. The Hall–Kier alpha value is -0.0800.